The van der Waals surface area contributed by atoms with Gasteiger partial charge in [0, 0.05) is 114 Å². The summed E-state index contributed by atoms with van der Waals surface area (Å²) in [6.07, 6.45) is 8.35. The van der Waals surface area contributed by atoms with Gasteiger partial charge in [-0.2, -0.15) is 5.70 Å². The van der Waals surface area contributed by atoms with Crippen LogP contribution in [0.2, 0.25) is 0 Å². The number of carbonyl (C=O) groups excluding carboxylic acids is 7. The van der Waals surface area contributed by atoms with Crippen LogP contribution in [0, 0.1) is 71.0 Å². The molecule has 8 rings (SSSR count). The van der Waals surface area contributed by atoms with Gasteiger partial charge < -0.3 is 102 Å². The molecule has 2 aromatic rings. The van der Waals surface area contributed by atoms with Crippen molar-refractivity contribution >= 4 is 77.3 Å². The molecule has 2 unspecified atom stereocenters. The Morgan fingerprint density at radius 2 is 1.32 bits per heavy atom. The molecule has 1 aromatic heterocycles. The number of nitrogens with two attached hydrogens (primary N) is 8. The number of imidazole rings is 1. The summed E-state index contributed by atoms with van der Waals surface area (Å²) in [5, 5.41) is 36.4. The summed E-state index contributed by atoms with van der Waals surface area (Å²) in [5.41, 5.74) is 47.6. The number of primary amides is 6. The van der Waals surface area contributed by atoms with Crippen LogP contribution >= 0.6 is 7.82 Å². The molecule has 107 heavy (non-hydrogen) atoms. The molecule has 594 valence electrons. The molecule has 0 saturated carbocycles. The van der Waals surface area contributed by atoms with Crippen LogP contribution in [-0.4, -0.2) is 134 Å². The number of nitrogens with zero attached hydrogens (tertiary/aromatic N) is 7. The van der Waals surface area contributed by atoms with E-state index in [1.165, 1.54) is 75.6 Å². The number of aliphatic hydroxyl groups excluding tert-OH is 2. The number of allylic oxidation sites excluding steroid dienone is 6. The zero-order valence-electron chi connectivity index (χ0n) is 64.2. The van der Waals surface area contributed by atoms with E-state index in [2.05, 4.69) is 17.2 Å². The van der Waals surface area contributed by atoms with E-state index in [9.17, 15) is 53.2 Å². The van der Waals surface area contributed by atoms with Crippen molar-refractivity contribution in [2.24, 2.45) is 106 Å². The minimum Gasteiger partial charge on any atom is -0.756 e. The van der Waals surface area contributed by atoms with Gasteiger partial charge in [0.25, 0.3) is 7.82 Å². The fraction of sp³-hybridized carbons (Fsp3) is 0.680. The first kappa shape index (κ1) is 90.5. The minimum absolute atomic E-state index is 0. The normalized spacial score (nSPS) is 30.3. The number of carbonyl (C=O) groups is 7. The number of nitrogens with one attached hydrogen (secondary N) is 1. The average Bonchev–Trinajstić information content (AvgIpc) is 1.53. The van der Waals surface area contributed by atoms with Gasteiger partial charge in [0.2, 0.25) is 41.4 Å². The molecule has 2 saturated heterocycles. The third-order valence-corrected chi connectivity index (χ3v) is 24.2. The van der Waals surface area contributed by atoms with Crippen molar-refractivity contribution in [1.82, 2.24) is 14.9 Å². The number of benzene rings is 1. The van der Waals surface area contributed by atoms with Crippen molar-refractivity contribution in [2.75, 3.05) is 13.2 Å². The molecule has 0 aliphatic carbocycles. The number of aromatic nitrogens is 2. The van der Waals surface area contributed by atoms with E-state index in [1.807, 2.05) is 80.5 Å². The van der Waals surface area contributed by atoms with Crippen LogP contribution in [0.1, 0.15) is 221 Å². The van der Waals surface area contributed by atoms with E-state index in [0.717, 1.165) is 17.5 Å². The zero-order valence-corrected chi connectivity index (χ0v) is 66.2. The monoisotopic (exact) mass is 1550 g/mol. The van der Waals surface area contributed by atoms with Gasteiger partial charge in [0.15, 0.2) is 6.23 Å². The fourth-order valence-corrected chi connectivity index (χ4v) is 18.1. The second-order valence-corrected chi connectivity index (χ2v) is 32.6. The summed E-state index contributed by atoms with van der Waals surface area (Å²) in [7, 11) is -5.32. The molecule has 8 bridgehead atoms. The smallest absolute Gasteiger partial charge is 0.756 e. The van der Waals surface area contributed by atoms with Crippen LogP contribution in [0.15, 0.2) is 67.8 Å². The fourth-order valence-electron chi connectivity index (χ4n) is 17.0. The number of aryl methyl sites for hydroxylation is 2. The van der Waals surface area contributed by atoms with Crippen molar-refractivity contribution in [3.63, 3.8) is 0 Å². The second kappa shape index (κ2) is 38.0. The second-order valence-electron chi connectivity index (χ2n) is 31.3. The molecule has 32 heteroatoms. The van der Waals surface area contributed by atoms with Gasteiger partial charge >= 0.3 is 16.8 Å². The number of amides is 7. The van der Waals surface area contributed by atoms with Gasteiger partial charge in [-0.3, -0.25) is 53.1 Å². The predicted octanol–water partition coefficient (Wildman–Crippen LogP) is 6.56. The molecule has 0 spiro atoms. The molecule has 1 aromatic carbocycles. The minimum atomic E-state index is -5.32. The summed E-state index contributed by atoms with van der Waals surface area (Å²) in [4.78, 5) is 128. The van der Waals surface area contributed by atoms with Crippen LogP contribution in [0.4, 0.5) is 0 Å². The molecule has 30 nitrogen and oxygen atoms in total. The van der Waals surface area contributed by atoms with E-state index in [0.29, 0.717) is 56.4 Å². The first-order valence-corrected chi connectivity index (χ1v) is 38.5. The number of unbranched alkanes of at least 4 members (excludes halogenated alkanes) is 8. The van der Waals surface area contributed by atoms with Crippen molar-refractivity contribution in [3.05, 3.63) is 75.8 Å². The summed E-state index contributed by atoms with van der Waals surface area (Å²) >= 11 is 0. The zero-order chi connectivity index (χ0) is 79.4. The number of rotatable bonds is 36. The first-order chi connectivity index (χ1) is 49.6. The number of phosphoric ester groups is 1. The number of ether oxygens (including phenoxy) is 1. The van der Waals surface area contributed by atoms with E-state index in [4.69, 9.17) is 91.8 Å². The molecule has 19 N–H and O–H groups in total. The van der Waals surface area contributed by atoms with Crippen LogP contribution < -0.4 is 56.1 Å². The van der Waals surface area contributed by atoms with Gasteiger partial charge in [-0.1, -0.05) is 112 Å². The predicted molar refractivity (Wildman–Crippen MR) is 401 cm³/mol. The number of fused-ring (bicyclic) bond motifs is 7. The van der Waals surface area contributed by atoms with Gasteiger partial charge in [0.05, 0.1) is 36.2 Å². The van der Waals surface area contributed by atoms with E-state index >= 15 is 0 Å². The molecular formula is C75H116CoN16O14P. The summed E-state index contributed by atoms with van der Waals surface area (Å²) in [6, 6.07) is 2.65. The summed E-state index contributed by atoms with van der Waals surface area (Å²) in [5.74, 6) is -7.40. The number of aliphatic imine (C=N–C) groups is 3. The number of hydrogen-bond donors (Lipinski definition) is 11. The summed E-state index contributed by atoms with van der Waals surface area (Å²) in [6.45, 7) is 26.0. The molecule has 6 aliphatic rings. The molecule has 7 amide bonds. The van der Waals surface area contributed by atoms with Crippen LogP contribution in [0.3, 0.4) is 0 Å². The Bertz CT molecular complexity index is 3850. The Kier molecular flexibility index (Phi) is 32.2. The molecular weight excluding hydrogens is 1440 g/mol. The van der Waals surface area contributed by atoms with Gasteiger partial charge in [-0.05, 0) is 124 Å². The van der Waals surface area contributed by atoms with Crippen LogP contribution in [0.25, 0.3) is 16.4 Å². The number of phosphoric acid groups is 1. The van der Waals surface area contributed by atoms with Gasteiger partial charge in [-0.15, -0.1) is 0 Å². The molecule has 6 aliphatic heterocycles. The Labute approximate surface area is 639 Å². The van der Waals surface area contributed by atoms with Crippen molar-refractivity contribution in [1.29, 1.82) is 5.26 Å². The Balaban J connectivity index is 0.00000108. The standard InChI is InChI=1S/C62H90N13O14P.C12H28N2.CN.Co/c1-29-20-39-40(21-30(29)2)75(28-70-39)57-52(84)53(41(27-76)87-57)89-90(85,86)88-31(3)26-69-49(83)18-19-59(8)37(22-46(66)80)56-62(11)61(10,25-48(68)82)36(14-17-45(65)79)51(74-62)33(5)55-60(9,24-47(67)81)34(12-15-43(63)77)38(71-55)23-42-58(6,7)35(13-16-44(64)78)50(72-42)32(4)54(59)73-56;1-2-3-4-5-6-7-8-9-10-11-12(13)14;1-2;/h20-21,23,28,31,34-37,41,52-53,56-57,76,84H,12-19,22,24-27H2,1-11H3,(H15,63,64,65,66,67,68,69,71,72,73,74,77,78,79,80,81,82,83,85,86);12H,2-11,13-14H2,1H3;;/q;;-1;+3/p-2/t31?,34-,35-,36-,37+,41-,52-,53-,56-,57+,59-,60+,61+,62+;;;/m1.../s1. The van der Waals surface area contributed by atoms with Crippen LogP contribution in [-0.2, 0) is 68.7 Å². The van der Waals surface area contributed by atoms with E-state index in [-0.39, 0.29) is 100 Å². The SMILES string of the molecule is C/C1=C2N=C(/C=C3N=C(/C(C)=C4\[N-][C@@](C)([C@@H]5N=C1[C@](C)(CCC(=O)NCC(C)OP(=O)([O-])O[C@H]1[C@@H](O)[C@@H](n6cnc7cc(C)c(C)cc76)O[C@@H]1CO)[C@H]5CC(N)=O)[C@@](C)(CC(N)=O)[C@@H]4CCC(N)=O)[C@@](C)(CC(N)=O)[C@@H]\3CCC(N)=O)C(C)(C)[C@@H]/2CCC(N)=O.CCCCCCCCCCCC(N)N.[C-]#N.[Co+3]. The van der Waals surface area contributed by atoms with E-state index in [1.54, 1.807) is 6.92 Å². The molecule has 2 fully saturated rings. The van der Waals surface area contributed by atoms with Crippen molar-refractivity contribution < 1.29 is 83.8 Å². The van der Waals surface area contributed by atoms with Crippen molar-refractivity contribution in [2.45, 2.75) is 266 Å². The number of aliphatic hydroxyl groups is 2. The average molecular weight is 1560 g/mol. The van der Waals surface area contributed by atoms with Crippen LogP contribution in [0.5, 0.6) is 0 Å². The maximum atomic E-state index is 14.4. The Morgan fingerprint density at radius 1 is 0.757 bits per heavy atom. The first-order valence-electron chi connectivity index (χ1n) is 37.0. The Morgan fingerprint density at radius 3 is 1.87 bits per heavy atom. The third kappa shape index (κ3) is 20.9. The van der Waals surface area contributed by atoms with Gasteiger partial charge in [0.1, 0.15) is 18.3 Å². The molecule has 7 heterocycles. The Hall–Kier alpha value is -7.08. The third-order valence-electron chi connectivity index (χ3n) is 23.1. The quantitative estimate of drug-likeness (QED) is 0.0149. The molecule has 0 radical (unpaired) electrons. The van der Waals surface area contributed by atoms with Gasteiger partial charge in [-0.25, -0.2) is 4.98 Å². The number of hydrogen-bond acceptors (Lipinski definition) is 21. The maximum absolute atomic E-state index is 14.4. The largest absolute Gasteiger partial charge is 3.00 e. The van der Waals surface area contributed by atoms with Crippen molar-refractivity contribution in [3.8, 4) is 0 Å². The maximum Gasteiger partial charge on any atom is 3.00 e. The summed E-state index contributed by atoms with van der Waals surface area (Å²) < 4.78 is 31.9. The van der Waals surface area contributed by atoms with E-state index < -0.39 is 143 Å². The topological polar surface area (TPSA) is 541 Å². The molecule has 15 atom stereocenters.